The number of nitrogens with one attached hydrogen (secondary N) is 1. The predicted molar refractivity (Wildman–Crippen MR) is 63.8 cm³/mol. The van der Waals surface area contributed by atoms with Crippen LogP contribution < -0.4 is 4.72 Å². The third kappa shape index (κ3) is 5.79. The summed E-state index contributed by atoms with van der Waals surface area (Å²) in [6.07, 6.45) is 4.95. The summed E-state index contributed by atoms with van der Waals surface area (Å²) in [6.45, 7) is 3.01. The first-order valence-electron chi connectivity index (χ1n) is 5.82. The fraction of sp³-hybridized carbons (Fsp3) is 1.00. The summed E-state index contributed by atoms with van der Waals surface area (Å²) in [7, 11) is -3.09. The number of unbranched alkanes of at least 4 members (excludes halogenated alkanes) is 1. The van der Waals surface area contributed by atoms with Gasteiger partial charge in [0.15, 0.2) is 0 Å². The Hall–Kier alpha value is -0.170. The van der Waals surface area contributed by atoms with E-state index in [2.05, 4.69) is 9.62 Å². The smallest absolute Gasteiger partial charge is 0.208 e. The molecular formula is C10H22N2O3S. The molecule has 0 aliphatic carbocycles. The molecule has 1 unspecified atom stereocenters. The molecule has 1 aliphatic heterocycles. The second-order valence-electron chi connectivity index (χ2n) is 4.46. The summed E-state index contributed by atoms with van der Waals surface area (Å²) < 4.78 is 24.9. The molecule has 16 heavy (non-hydrogen) atoms. The van der Waals surface area contributed by atoms with Gasteiger partial charge in [0.1, 0.15) is 0 Å². The molecule has 6 heteroatoms. The van der Waals surface area contributed by atoms with Crippen molar-refractivity contribution in [1.82, 2.24) is 9.62 Å². The molecule has 0 aromatic carbocycles. The van der Waals surface area contributed by atoms with Gasteiger partial charge in [0.2, 0.25) is 10.0 Å². The molecule has 0 amide bonds. The lowest BCUT2D eigenvalue weighted by Crippen LogP contribution is -2.47. The zero-order valence-corrected chi connectivity index (χ0v) is 10.7. The monoisotopic (exact) mass is 250 g/mol. The Morgan fingerprint density at radius 2 is 2.19 bits per heavy atom. The molecule has 0 spiro atoms. The van der Waals surface area contributed by atoms with Crippen LogP contribution >= 0.6 is 0 Å². The van der Waals surface area contributed by atoms with Gasteiger partial charge in [-0.15, -0.1) is 0 Å². The van der Waals surface area contributed by atoms with Gasteiger partial charge >= 0.3 is 0 Å². The normalized spacial score (nSPS) is 23.5. The van der Waals surface area contributed by atoms with Gasteiger partial charge in [0, 0.05) is 19.2 Å². The Bertz CT molecular complexity index is 292. The van der Waals surface area contributed by atoms with E-state index in [1.54, 1.807) is 0 Å². The van der Waals surface area contributed by atoms with E-state index in [1.165, 1.54) is 6.26 Å². The van der Waals surface area contributed by atoms with Gasteiger partial charge < -0.3 is 10.0 Å². The molecule has 96 valence electrons. The van der Waals surface area contributed by atoms with Gasteiger partial charge in [-0.05, 0) is 38.8 Å². The highest BCUT2D eigenvalue weighted by molar-refractivity contribution is 7.88. The first kappa shape index (κ1) is 13.9. The molecule has 0 saturated carbocycles. The average Bonchev–Trinajstić information content (AvgIpc) is 2.16. The standard InChI is InChI=1S/C10H22N2O3S/c1-16(14,15)11-10-5-4-7-12(9-10)6-2-3-8-13/h10-11,13H,2-9H2,1H3. The van der Waals surface area contributed by atoms with Crippen molar-refractivity contribution < 1.29 is 13.5 Å². The van der Waals surface area contributed by atoms with E-state index in [-0.39, 0.29) is 12.6 Å². The Labute approximate surface area is 97.9 Å². The lowest BCUT2D eigenvalue weighted by molar-refractivity contribution is 0.191. The zero-order valence-electron chi connectivity index (χ0n) is 9.85. The summed E-state index contributed by atoms with van der Waals surface area (Å²) >= 11 is 0. The highest BCUT2D eigenvalue weighted by atomic mass is 32.2. The van der Waals surface area contributed by atoms with Crippen LogP contribution in [-0.4, -0.2) is 57.0 Å². The highest BCUT2D eigenvalue weighted by Gasteiger charge is 2.21. The van der Waals surface area contributed by atoms with Crippen LogP contribution in [0.2, 0.25) is 0 Å². The van der Waals surface area contributed by atoms with Crippen molar-refractivity contribution in [2.75, 3.05) is 32.5 Å². The van der Waals surface area contributed by atoms with E-state index >= 15 is 0 Å². The van der Waals surface area contributed by atoms with Gasteiger partial charge in [-0.25, -0.2) is 13.1 Å². The minimum absolute atomic E-state index is 0.0536. The predicted octanol–water partition coefficient (Wildman–Crippen LogP) is -0.227. The van der Waals surface area contributed by atoms with Crippen LogP contribution in [0.15, 0.2) is 0 Å². The molecule has 1 aliphatic rings. The van der Waals surface area contributed by atoms with Crippen LogP contribution in [0.5, 0.6) is 0 Å². The number of hydrogen-bond donors (Lipinski definition) is 2. The van der Waals surface area contributed by atoms with Crippen molar-refractivity contribution in [3.05, 3.63) is 0 Å². The fourth-order valence-corrected chi connectivity index (χ4v) is 2.90. The molecule has 0 aromatic rings. The molecular weight excluding hydrogens is 228 g/mol. The second-order valence-corrected chi connectivity index (χ2v) is 6.24. The quantitative estimate of drug-likeness (QED) is 0.639. The van der Waals surface area contributed by atoms with Crippen LogP contribution in [0.3, 0.4) is 0 Å². The molecule has 0 radical (unpaired) electrons. The van der Waals surface area contributed by atoms with Crippen LogP contribution in [0.25, 0.3) is 0 Å². The SMILES string of the molecule is CS(=O)(=O)NC1CCCN(CCCCO)C1. The number of rotatable bonds is 6. The van der Waals surface area contributed by atoms with Crippen molar-refractivity contribution in [2.45, 2.75) is 31.7 Å². The summed E-state index contributed by atoms with van der Waals surface area (Å²) in [5.74, 6) is 0. The summed E-state index contributed by atoms with van der Waals surface area (Å²) in [4.78, 5) is 2.27. The van der Waals surface area contributed by atoms with Crippen molar-refractivity contribution >= 4 is 10.0 Å². The molecule has 0 aromatic heterocycles. The average molecular weight is 250 g/mol. The maximum Gasteiger partial charge on any atom is 0.208 e. The van der Waals surface area contributed by atoms with E-state index in [0.29, 0.717) is 0 Å². The molecule has 2 N–H and O–H groups in total. The first-order valence-corrected chi connectivity index (χ1v) is 7.71. The molecule has 1 fully saturated rings. The number of aliphatic hydroxyl groups excluding tert-OH is 1. The third-order valence-electron chi connectivity index (χ3n) is 2.77. The van der Waals surface area contributed by atoms with Crippen molar-refractivity contribution in [3.8, 4) is 0 Å². The van der Waals surface area contributed by atoms with Crippen LogP contribution in [0.1, 0.15) is 25.7 Å². The van der Waals surface area contributed by atoms with Gasteiger partial charge in [-0.3, -0.25) is 0 Å². The number of nitrogens with zero attached hydrogens (tertiary/aromatic N) is 1. The van der Waals surface area contributed by atoms with E-state index in [9.17, 15) is 8.42 Å². The largest absolute Gasteiger partial charge is 0.396 e. The zero-order chi connectivity index (χ0) is 12.0. The van der Waals surface area contributed by atoms with Crippen molar-refractivity contribution in [3.63, 3.8) is 0 Å². The maximum atomic E-state index is 11.1. The molecule has 1 heterocycles. The minimum atomic E-state index is -3.09. The number of piperidine rings is 1. The van der Waals surface area contributed by atoms with Crippen LogP contribution in [0.4, 0.5) is 0 Å². The van der Waals surface area contributed by atoms with Gasteiger partial charge in [0.05, 0.1) is 6.26 Å². The summed E-state index contributed by atoms with van der Waals surface area (Å²) in [6, 6.07) is 0.0536. The molecule has 1 saturated heterocycles. The second kappa shape index (κ2) is 6.54. The third-order valence-corrected chi connectivity index (χ3v) is 3.53. The van der Waals surface area contributed by atoms with E-state index in [0.717, 1.165) is 45.3 Å². The Morgan fingerprint density at radius 1 is 1.44 bits per heavy atom. The van der Waals surface area contributed by atoms with Crippen LogP contribution in [-0.2, 0) is 10.0 Å². The molecule has 5 nitrogen and oxygen atoms in total. The topological polar surface area (TPSA) is 69.6 Å². The lowest BCUT2D eigenvalue weighted by Gasteiger charge is -2.32. The van der Waals surface area contributed by atoms with E-state index in [1.807, 2.05) is 0 Å². The maximum absolute atomic E-state index is 11.1. The highest BCUT2D eigenvalue weighted by Crippen LogP contribution is 2.11. The van der Waals surface area contributed by atoms with Gasteiger partial charge in [-0.2, -0.15) is 0 Å². The van der Waals surface area contributed by atoms with Gasteiger partial charge in [0.25, 0.3) is 0 Å². The Balaban J connectivity index is 2.30. The van der Waals surface area contributed by atoms with E-state index in [4.69, 9.17) is 5.11 Å². The van der Waals surface area contributed by atoms with Gasteiger partial charge in [-0.1, -0.05) is 0 Å². The number of hydrogen-bond acceptors (Lipinski definition) is 4. The molecule has 1 rings (SSSR count). The van der Waals surface area contributed by atoms with Crippen molar-refractivity contribution in [1.29, 1.82) is 0 Å². The Kier molecular flexibility index (Phi) is 5.68. The summed E-state index contributed by atoms with van der Waals surface area (Å²) in [5.41, 5.74) is 0. The van der Waals surface area contributed by atoms with E-state index < -0.39 is 10.0 Å². The Morgan fingerprint density at radius 3 is 2.81 bits per heavy atom. The van der Waals surface area contributed by atoms with Crippen molar-refractivity contribution in [2.24, 2.45) is 0 Å². The number of aliphatic hydroxyl groups is 1. The number of sulfonamides is 1. The first-order chi connectivity index (χ1) is 7.51. The molecule has 1 atom stereocenters. The molecule has 0 bridgehead atoms. The summed E-state index contributed by atoms with van der Waals surface area (Å²) in [5, 5.41) is 8.69. The minimum Gasteiger partial charge on any atom is -0.396 e. The fourth-order valence-electron chi connectivity index (χ4n) is 2.10. The lowest BCUT2D eigenvalue weighted by atomic mass is 10.1. The van der Waals surface area contributed by atoms with Crippen LogP contribution in [0, 0.1) is 0 Å². The number of likely N-dealkylation sites (tertiary alicyclic amines) is 1.